The van der Waals surface area contributed by atoms with Crippen molar-refractivity contribution in [3.8, 4) is 0 Å². The molecular formula is C25H22Cl2CrN. The van der Waals surface area contributed by atoms with E-state index in [1.165, 1.54) is 21.9 Å². The number of nitrogens with zero attached hydrogens (tertiary/aromatic N) is 1. The number of allylic oxidation sites excluding steroid dienone is 4. The molecule has 0 spiro atoms. The standard InChI is InChI=1S/C15H11.C9H6N.CH3.2ClH.Cr/c1-2-7-12(6-1)15-11-5-9-13-8-3-4-10-14(13)15;1-2-6-9-8(4-1)5-3-7-10-9;;;;/h3-11H,1H2;1-5,7H;1H3;2*1H;/q3*-1;;;+3. The van der Waals surface area contributed by atoms with Crippen LogP contribution < -0.4 is 0 Å². The molecular weight excluding hydrogens is 437 g/mol. The van der Waals surface area contributed by atoms with Crippen LogP contribution in [0.2, 0.25) is 0 Å². The van der Waals surface area contributed by atoms with Crippen LogP contribution in [0.4, 0.5) is 0 Å². The third-order valence-electron chi connectivity index (χ3n) is 4.23. The van der Waals surface area contributed by atoms with Crippen LogP contribution in [0.1, 0.15) is 12.0 Å². The van der Waals surface area contributed by atoms with Gasteiger partial charge in [-0.2, -0.15) is 35.9 Å². The molecule has 1 aliphatic rings. The second kappa shape index (κ2) is 13.2. The second-order valence-electron chi connectivity index (χ2n) is 5.85. The molecule has 3 aromatic carbocycles. The van der Waals surface area contributed by atoms with Crippen LogP contribution in [0.5, 0.6) is 0 Å². The summed E-state index contributed by atoms with van der Waals surface area (Å²) < 4.78 is 0. The van der Waals surface area contributed by atoms with Gasteiger partial charge < -0.3 is 7.43 Å². The van der Waals surface area contributed by atoms with E-state index in [4.69, 9.17) is 0 Å². The molecule has 0 N–H and O–H groups in total. The van der Waals surface area contributed by atoms with Crippen LogP contribution in [-0.2, 0) is 17.4 Å². The Morgan fingerprint density at radius 3 is 2.28 bits per heavy atom. The maximum absolute atomic E-state index is 4.13. The number of aromatic nitrogens is 1. The summed E-state index contributed by atoms with van der Waals surface area (Å²) in [6, 6.07) is 27.8. The maximum Gasteiger partial charge on any atom is 3.00 e. The molecule has 0 saturated carbocycles. The fourth-order valence-corrected chi connectivity index (χ4v) is 3.01. The van der Waals surface area contributed by atoms with Crippen molar-refractivity contribution in [3.05, 3.63) is 116 Å². The van der Waals surface area contributed by atoms with Gasteiger partial charge in [0.1, 0.15) is 0 Å². The molecule has 0 aliphatic heterocycles. The number of rotatable bonds is 1. The average Bonchev–Trinajstić information content (AvgIpc) is 3.23. The van der Waals surface area contributed by atoms with E-state index in [1.807, 2.05) is 30.3 Å². The van der Waals surface area contributed by atoms with Gasteiger partial charge >= 0.3 is 17.4 Å². The van der Waals surface area contributed by atoms with Crippen molar-refractivity contribution in [3.63, 3.8) is 0 Å². The van der Waals surface area contributed by atoms with Crippen molar-refractivity contribution in [2.75, 3.05) is 0 Å². The SMILES string of the molecule is Cl.Cl.[C-]1=CC(c2cccc3ccccc23)=CC1.[CH3-].[Cr+3].[c-]1cccc2cccnc12. The van der Waals surface area contributed by atoms with Crippen molar-refractivity contribution >= 4 is 52.1 Å². The molecule has 147 valence electrons. The Hall–Kier alpha value is -2.08. The van der Waals surface area contributed by atoms with Crippen molar-refractivity contribution in [2.24, 2.45) is 0 Å². The Balaban J connectivity index is 0.000000502. The molecule has 1 heterocycles. The van der Waals surface area contributed by atoms with E-state index in [2.05, 4.69) is 71.7 Å². The Bertz CT molecular complexity index is 1020. The first-order valence-electron chi connectivity index (χ1n) is 8.38. The summed E-state index contributed by atoms with van der Waals surface area (Å²) >= 11 is 0. The molecule has 5 rings (SSSR count). The minimum Gasteiger partial charge on any atom is -0.358 e. The predicted molar refractivity (Wildman–Crippen MR) is 126 cm³/mol. The van der Waals surface area contributed by atoms with E-state index in [1.54, 1.807) is 6.20 Å². The van der Waals surface area contributed by atoms with Gasteiger partial charge in [-0.05, 0) is 16.3 Å². The van der Waals surface area contributed by atoms with Crippen molar-refractivity contribution in [1.82, 2.24) is 4.98 Å². The smallest absolute Gasteiger partial charge is 0.358 e. The van der Waals surface area contributed by atoms with Gasteiger partial charge in [-0.15, -0.1) is 42.7 Å². The van der Waals surface area contributed by atoms with Crippen LogP contribution in [-0.4, -0.2) is 4.98 Å². The van der Waals surface area contributed by atoms with Gasteiger partial charge in [0.25, 0.3) is 0 Å². The van der Waals surface area contributed by atoms with E-state index in [0.29, 0.717) is 0 Å². The first-order valence-corrected chi connectivity index (χ1v) is 8.38. The number of fused-ring (bicyclic) bond motifs is 2. The van der Waals surface area contributed by atoms with Crippen LogP contribution >= 0.6 is 24.8 Å². The summed E-state index contributed by atoms with van der Waals surface area (Å²) in [5, 5.41) is 3.77. The van der Waals surface area contributed by atoms with Gasteiger partial charge in [0.05, 0.1) is 0 Å². The quantitative estimate of drug-likeness (QED) is 0.272. The Kier molecular flexibility index (Phi) is 12.3. The molecule has 0 atom stereocenters. The van der Waals surface area contributed by atoms with Gasteiger partial charge in [0, 0.05) is 6.20 Å². The van der Waals surface area contributed by atoms with Crippen molar-refractivity contribution < 1.29 is 17.4 Å². The van der Waals surface area contributed by atoms with Crippen molar-refractivity contribution in [1.29, 1.82) is 0 Å². The van der Waals surface area contributed by atoms with E-state index in [-0.39, 0.29) is 49.6 Å². The van der Waals surface area contributed by atoms with Gasteiger partial charge in [-0.25, -0.2) is 6.08 Å². The first-order chi connectivity index (χ1) is 12.4. The largest absolute Gasteiger partial charge is 3.00 e. The zero-order chi connectivity index (χ0) is 16.9. The van der Waals surface area contributed by atoms with Gasteiger partial charge in [-0.1, -0.05) is 54.1 Å². The number of hydrogen-bond donors (Lipinski definition) is 0. The van der Waals surface area contributed by atoms with E-state index >= 15 is 0 Å². The van der Waals surface area contributed by atoms with Crippen LogP contribution in [0.15, 0.2) is 91.1 Å². The molecule has 0 bridgehead atoms. The molecule has 0 fully saturated rings. The molecule has 0 saturated heterocycles. The third kappa shape index (κ3) is 6.46. The number of hydrogen-bond acceptors (Lipinski definition) is 1. The summed E-state index contributed by atoms with van der Waals surface area (Å²) in [6.45, 7) is 0. The van der Waals surface area contributed by atoms with Gasteiger partial charge in [-0.3, -0.25) is 11.1 Å². The van der Waals surface area contributed by atoms with E-state index < -0.39 is 0 Å². The van der Waals surface area contributed by atoms with Crippen LogP contribution in [0.25, 0.3) is 27.2 Å². The molecule has 1 radical (unpaired) electrons. The Morgan fingerprint density at radius 2 is 1.52 bits per heavy atom. The number of para-hydroxylation sites is 1. The molecule has 0 unspecified atom stereocenters. The number of pyridine rings is 1. The molecule has 0 amide bonds. The van der Waals surface area contributed by atoms with Gasteiger partial charge in [0.2, 0.25) is 0 Å². The fraction of sp³-hybridized carbons (Fsp3) is 0.0400. The fourth-order valence-electron chi connectivity index (χ4n) is 3.01. The summed E-state index contributed by atoms with van der Waals surface area (Å²) in [7, 11) is 0. The monoisotopic (exact) mass is 458 g/mol. The third-order valence-corrected chi connectivity index (χ3v) is 4.23. The van der Waals surface area contributed by atoms with E-state index in [0.717, 1.165) is 17.3 Å². The predicted octanol–water partition coefficient (Wildman–Crippen LogP) is 7.31. The first kappa shape index (κ1) is 26.9. The minimum atomic E-state index is 0. The molecule has 4 aromatic rings. The number of benzene rings is 3. The van der Waals surface area contributed by atoms with Crippen LogP contribution in [0, 0.1) is 19.6 Å². The zero-order valence-electron chi connectivity index (χ0n) is 16.0. The molecule has 29 heavy (non-hydrogen) atoms. The summed E-state index contributed by atoms with van der Waals surface area (Å²) in [5.74, 6) is 0. The number of halogens is 2. The summed E-state index contributed by atoms with van der Waals surface area (Å²) in [5.41, 5.74) is 3.55. The molecule has 4 heteroatoms. The normalized spacial score (nSPS) is 11.0. The molecule has 1 aromatic heterocycles. The van der Waals surface area contributed by atoms with Crippen LogP contribution in [0.3, 0.4) is 0 Å². The van der Waals surface area contributed by atoms with Gasteiger partial charge in [0.15, 0.2) is 0 Å². The zero-order valence-corrected chi connectivity index (χ0v) is 18.9. The Morgan fingerprint density at radius 1 is 0.793 bits per heavy atom. The topological polar surface area (TPSA) is 12.9 Å². The molecule has 1 nitrogen and oxygen atoms in total. The second-order valence-corrected chi connectivity index (χ2v) is 5.85. The van der Waals surface area contributed by atoms with Crippen molar-refractivity contribution in [2.45, 2.75) is 6.42 Å². The van der Waals surface area contributed by atoms with E-state index in [9.17, 15) is 0 Å². The Labute approximate surface area is 196 Å². The maximum atomic E-state index is 4.13. The summed E-state index contributed by atoms with van der Waals surface area (Å²) in [6.07, 6.45) is 10.2. The summed E-state index contributed by atoms with van der Waals surface area (Å²) in [4.78, 5) is 4.13. The molecule has 1 aliphatic carbocycles. The minimum absolute atomic E-state index is 0. The average molecular weight is 459 g/mol.